The number of carboxylic acid groups (broad SMARTS) is 1. The van der Waals surface area contributed by atoms with Crippen LogP contribution in [0, 0.1) is 0 Å². The summed E-state index contributed by atoms with van der Waals surface area (Å²) in [7, 11) is 0. The van der Waals surface area contributed by atoms with E-state index >= 15 is 0 Å². The van der Waals surface area contributed by atoms with E-state index < -0.39 is 5.97 Å². The molecule has 2 aromatic rings. The Morgan fingerprint density at radius 2 is 2.05 bits per heavy atom. The number of rotatable bonds is 4. The number of amides is 1. The van der Waals surface area contributed by atoms with Crippen LogP contribution in [-0.2, 0) is 11.3 Å². The molecule has 0 saturated carbocycles. The first-order chi connectivity index (χ1) is 10.6. The van der Waals surface area contributed by atoms with Gasteiger partial charge in [-0.05, 0) is 12.0 Å². The van der Waals surface area contributed by atoms with Gasteiger partial charge in [0.2, 0.25) is 5.91 Å². The molecule has 1 aliphatic rings. The molecule has 1 unspecified atom stereocenters. The van der Waals surface area contributed by atoms with E-state index in [0.717, 1.165) is 6.42 Å². The lowest BCUT2D eigenvalue weighted by atomic mass is 9.99. The predicted molar refractivity (Wildman–Crippen MR) is 77.4 cm³/mol. The van der Waals surface area contributed by atoms with Gasteiger partial charge in [0.05, 0.1) is 6.20 Å². The summed E-state index contributed by atoms with van der Waals surface area (Å²) in [5.41, 5.74) is 1.09. The van der Waals surface area contributed by atoms with Gasteiger partial charge in [0, 0.05) is 19.0 Å². The van der Waals surface area contributed by atoms with Crippen molar-refractivity contribution in [2.75, 3.05) is 13.1 Å². The van der Waals surface area contributed by atoms with Crippen LogP contribution in [0.5, 0.6) is 0 Å². The molecule has 3 rings (SSSR count). The molecular formula is C15H16N4O3. The summed E-state index contributed by atoms with van der Waals surface area (Å²) in [5, 5.41) is 16.0. The number of carbonyl (C=O) groups excluding carboxylic acids is 1. The van der Waals surface area contributed by atoms with Gasteiger partial charge in [-0.2, -0.15) is 0 Å². The van der Waals surface area contributed by atoms with Crippen molar-refractivity contribution in [2.45, 2.75) is 18.9 Å². The molecule has 0 spiro atoms. The van der Waals surface area contributed by atoms with Gasteiger partial charge >= 0.3 is 5.97 Å². The molecule has 0 bridgehead atoms. The van der Waals surface area contributed by atoms with E-state index in [1.54, 1.807) is 4.90 Å². The average molecular weight is 300 g/mol. The number of aromatic carboxylic acids is 1. The van der Waals surface area contributed by atoms with E-state index in [1.807, 2.05) is 18.2 Å². The number of nitrogens with zero attached hydrogens (tertiary/aromatic N) is 4. The second kappa shape index (κ2) is 5.97. The normalized spacial score (nSPS) is 17.6. The second-order valence-corrected chi connectivity index (χ2v) is 5.34. The largest absolute Gasteiger partial charge is 0.476 e. The van der Waals surface area contributed by atoms with E-state index in [-0.39, 0.29) is 18.1 Å². The monoisotopic (exact) mass is 300 g/mol. The van der Waals surface area contributed by atoms with Gasteiger partial charge in [-0.25, -0.2) is 9.48 Å². The Balaban J connectivity index is 1.60. The lowest BCUT2D eigenvalue weighted by molar-refractivity contribution is -0.131. The van der Waals surface area contributed by atoms with Crippen LogP contribution in [0.15, 0.2) is 36.5 Å². The summed E-state index contributed by atoms with van der Waals surface area (Å²) in [6.45, 7) is 1.41. The maximum Gasteiger partial charge on any atom is 0.358 e. The Kier molecular flexibility index (Phi) is 3.86. The number of carbonyl (C=O) groups is 2. The van der Waals surface area contributed by atoms with Crippen molar-refractivity contribution in [3.8, 4) is 0 Å². The third-order valence-electron chi connectivity index (χ3n) is 3.87. The molecule has 1 amide bonds. The van der Waals surface area contributed by atoms with E-state index in [1.165, 1.54) is 16.4 Å². The molecule has 114 valence electrons. The zero-order valence-corrected chi connectivity index (χ0v) is 11.9. The molecule has 1 aromatic heterocycles. The number of aromatic nitrogens is 3. The van der Waals surface area contributed by atoms with E-state index in [4.69, 9.17) is 5.11 Å². The summed E-state index contributed by atoms with van der Waals surface area (Å²) >= 11 is 0. The zero-order valence-electron chi connectivity index (χ0n) is 11.9. The fourth-order valence-electron chi connectivity index (χ4n) is 2.70. The van der Waals surface area contributed by atoms with Crippen molar-refractivity contribution in [1.29, 1.82) is 0 Å². The Morgan fingerprint density at radius 3 is 2.73 bits per heavy atom. The van der Waals surface area contributed by atoms with Crippen LogP contribution in [0.4, 0.5) is 0 Å². The minimum Gasteiger partial charge on any atom is -0.476 e. The fraction of sp³-hybridized carbons (Fsp3) is 0.333. The summed E-state index contributed by atoms with van der Waals surface area (Å²) < 4.78 is 1.27. The molecule has 1 aromatic carbocycles. The third kappa shape index (κ3) is 2.98. The van der Waals surface area contributed by atoms with Crippen LogP contribution in [0.25, 0.3) is 0 Å². The van der Waals surface area contributed by atoms with Crippen molar-refractivity contribution in [3.05, 3.63) is 47.8 Å². The van der Waals surface area contributed by atoms with E-state index in [0.29, 0.717) is 19.0 Å². The SMILES string of the molecule is O=C(O)c1cn(CC(=O)N2CCC(c3ccccc3)C2)nn1. The molecule has 7 heteroatoms. The minimum atomic E-state index is -1.15. The van der Waals surface area contributed by atoms with Gasteiger partial charge in [-0.1, -0.05) is 35.5 Å². The lowest BCUT2D eigenvalue weighted by Crippen LogP contribution is -2.31. The maximum atomic E-state index is 12.3. The van der Waals surface area contributed by atoms with E-state index in [9.17, 15) is 9.59 Å². The first-order valence-electron chi connectivity index (χ1n) is 7.09. The molecule has 1 fully saturated rings. The molecule has 22 heavy (non-hydrogen) atoms. The average Bonchev–Trinajstić information content (AvgIpc) is 3.17. The molecule has 7 nitrogen and oxygen atoms in total. The predicted octanol–water partition coefficient (Wildman–Crippen LogP) is 0.992. The molecule has 0 aliphatic carbocycles. The number of likely N-dealkylation sites (tertiary alicyclic amines) is 1. The highest BCUT2D eigenvalue weighted by atomic mass is 16.4. The van der Waals surface area contributed by atoms with Gasteiger partial charge in [0.25, 0.3) is 0 Å². The van der Waals surface area contributed by atoms with Crippen LogP contribution in [0.2, 0.25) is 0 Å². The third-order valence-corrected chi connectivity index (χ3v) is 3.87. The Bertz CT molecular complexity index is 683. The van der Waals surface area contributed by atoms with Gasteiger partial charge < -0.3 is 10.0 Å². The number of hydrogen-bond donors (Lipinski definition) is 1. The second-order valence-electron chi connectivity index (χ2n) is 5.34. The Labute approximate surface area is 127 Å². The fourth-order valence-corrected chi connectivity index (χ4v) is 2.70. The van der Waals surface area contributed by atoms with Crippen LogP contribution >= 0.6 is 0 Å². The van der Waals surface area contributed by atoms with Crippen LogP contribution in [0.1, 0.15) is 28.4 Å². The maximum absolute atomic E-state index is 12.3. The number of carboxylic acids is 1. The highest BCUT2D eigenvalue weighted by molar-refractivity contribution is 5.84. The van der Waals surface area contributed by atoms with Crippen LogP contribution in [0.3, 0.4) is 0 Å². The summed E-state index contributed by atoms with van der Waals surface area (Å²) in [6.07, 6.45) is 2.21. The minimum absolute atomic E-state index is 0.0157. The smallest absolute Gasteiger partial charge is 0.358 e. The van der Waals surface area contributed by atoms with Crippen LogP contribution < -0.4 is 0 Å². The van der Waals surface area contributed by atoms with Crippen molar-refractivity contribution in [2.24, 2.45) is 0 Å². The highest BCUT2D eigenvalue weighted by Gasteiger charge is 2.27. The standard InChI is InChI=1S/C15H16N4O3/c20-14(10-19-9-13(15(21)22)16-17-19)18-7-6-12(8-18)11-4-2-1-3-5-11/h1-5,9,12H,6-8,10H2,(H,21,22). The molecule has 1 saturated heterocycles. The Morgan fingerprint density at radius 1 is 1.27 bits per heavy atom. The number of benzene rings is 1. The van der Waals surface area contributed by atoms with Crippen molar-refractivity contribution >= 4 is 11.9 Å². The molecule has 2 heterocycles. The van der Waals surface area contributed by atoms with Gasteiger partial charge in [-0.3, -0.25) is 4.79 Å². The summed E-state index contributed by atoms with van der Waals surface area (Å²) in [5.74, 6) is -0.861. The van der Waals surface area contributed by atoms with Crippen molar-refractivity contribution in [1.82, 2.24) is 19.9 Å². The van der Waals surface area contributed by atoms with Crippen LogP contribution in [-0.4, -0.2) is 50.0 Å². The zero-order chi connectivity index (χ0) is 15.5. The number of hydrogen-bond acceptors (Lipinski definition) is 4. The first-order valence-corrected chi connectivity index (χ1v) is 7.09. The summed E-state index contributed by atoms with van der Waals surface area (Å²) in [4.78, 5) is 24.8. The molecule has 1 atom stereocenters. The highest BCUT2D eigenvalue weighted by Crippen LogP contribution is 2.26. The first kappa shape index (κ1) is 14.2. The van der Waals surface area contributed by atoms with E-state index in [2.05, 4.69) is 22.4 Å². The van der Waals surface area contributed by atoms with Gasteiger partial charge in [0.1, 0.15) is 6.54 Å². The summed E-state index contributed by atoms with van der Waals surface area (Å²) in [6, 6.07) is 10.1. The van der Waals surface area contributed by atoms with Crippen molar-refractivity contribution in [3.63, 3.8) is 0 Å². The lowest BCUT2D eigenvalue weighted by Gasteiger charge is -2.16. The molecular weight excluding hydrogens is 284 g/mol. The Hall–Kier alpha value is -2.70. The van der Waals surface area contributed by atoms with Gasteiger partial charge in [0.15, 0.2) is 5.69 Å². The molecule has 1 N–H and O–H groups in total. The molecule has 0 radical (unpaired) electrons. The quantitative estimate of drug-likeness (QED) is 0.909. The molecule has 1 aliphatic heterocycles. The van der Waals surface area contributed by atoms with Gasteiger partial charge in [-0.15, -0.1) is 5.10 Å². The van der Waals surface area contributed by atoms with Crippen molar-refractivity contribution < 1.29 is 14.7 Å². The topological polar surface area (TPSA) is 88.3 Å².